The minimum Gasteiger partial charge on any atom is -0.366 e. The molecule has 0 radical (unpaired) electrons. The van der Waals surface area contributed by atoms with Gasteiger partial charge in [-0.25, -0.2) is 9.37 Å². The van der Waals surface area contributed by atoms with Crippen LogP contribution in [0.25, 0.3) is 0 Å². The van der Waals surface area contributed by atoms with Crippen LogP contribution in [0, 0.1) is 5.82 Å². The second-order valence-electron chi connectivity index (χ2n) is 3.55. The summed E-state index contributed by atoms with van der Waals surface area (Å²) >= 11 is 5.65. The second kappa shape index (κ2) is 5.01. The molecule has 1 aromatic carbocycles. The van der Waals surface area contributed by atoms with Crippen molar-refractivity contribution in [2.75, 3.05) is 5.32 Å². The minimum atomic E-state index is -0.543. The second-order valence-corrected chi connectivity index (χ2v) is 3.96. The van der Waals surface area contributed by atoms with Crippen LogP contribution in [-0.2, 0) is 0 Å². The number of nitrogens with two attached hydrogens (primary N) is 1. The predicted molar refractivity (Wildman–Crippen MR) is 67.4 cm³/mol. The first-order valence-corrected chi connectivity index (χ1v) is 5.42. The number of anilines is 2. The number of nitrogens with zero attached hydrogens (tertiary/aromatic N) is 1. The summed E-state index contributed by atoms with van der Waals surface area (Å²) in [7, 11) is 0. The molecule has 4 nitrogen and oxygen atoms in total. The average molecular weight is 266 g/mol. The molecule has 0 aliphatic heterocycles. The highest BCUT2D eigenvalue weighted by molar-refractivity contribution is 6.31. The fourth-order valence-electron chi connectivity index (χ4n) is 1.34. The molecule has 0 spiro atoms. The van der Waals surface area contributed by atoms with E-state index >= 15 is 0 Å². The van der Waals surface area contributed by atoms with Crippen LogP contribution in [0.3, 0.4) is 0 Å². The van der Waals surface area contributed by atoms with E-state index in [0.717, 1.165) is 0 Å². The van der Waals surface area contributed by atoms with Crippen LogP contribution < -0.4 is 11.1 Å². The maximum atomic E-state index is 13.0. The molecule has 92 valence electrons. The van der Waals surface area contributed by atoms with E-state index in [9.17, 15) is 9.18 Å². The Morgan fingerprint density at radius 1 is 1.33 bits per heavy atom. The standard InChI is InChI=1S/C12H9ClFN3O/c13-9-5-8(2-3-10(9)14)17-11-4-1-7(6-16-11)12(15)18/h1-6H,(H2,15,18)(H,16,17). The van der Waals surface area contributed by atoms with Gasteiger partial charge in [0, 0.05) is 11.9 Å². The summed E-state index contributed by atoms with van der Waals surface area (Å²) < 4.78 is 13.0. The smallest absolute Gasteiger partial charge is 0.250 e. The molecule has 0 atom stereocenters. The zero-order valence-electron chi connectivity index (χ0n) is 9.15. The van der Waals surface area contributed by atoms with Crippen molar-refractivity contribution in [1.82, 2.24) is 4.98 Å². The van der Waals surface area contributed by atoms with Crippen molar-refractivity contribution in [2.24, 2.45) is 5.73 Å². The first-order valence-electron chi connectivity index (χ1n) is 5.04. The van der Waals surface area contributed by atoms with Crippen LogP contribution in [-0.4, -0.2) is 10.9 Å². The molecule has 0 unspecified atom stereocenters. The Bertz CT molecular complexity index is 586. The van der Waals surface area contributed by atoms with Crippen LogP contribution in [0.1, 0.15) is 10.4 Å². The average Bonchev–Trinajstić information content (AvgIpc) is 2.34. The fourth-order valence-corrected chi connectivity index (χ4v) is 1.52. The summed E-state index contributed by atoms with van der Waals surface area (Å²) in [6.45, 7) is 0. The van der Waals surface area contributed by atoms with Crippen molar-refractivity contribution < 1.29 is 9.18 Å². The maximum absolute atomic E-state index is 13.0. The topological polar surface area (TPSA) is 68.0 Å². The molecule has 6 heteroatoms. The zero-order chi connectivity index (χ0) is 13.1. The van der Waals surface area contributed by atoms with Crippen LogP contribution in [0.5, 0.6) is 0 Å². The van der Waals surface area contributed by atoms with E-state index in [-0.39, 0.29) is 5.02 Å². The van der Waals surface area contributed by atoms with Gasteiger partial charge in [-0.2, -0.15) is 0 Å². The molecule has 2 rings (SSSR count). The minimum absolute atomic E-state index is 0.0220. The van der Waals surface area contributed by atoms with Gasteiger partial charge >= 0.3 is 0 Å². The van der Waals surface area contributed by atoms with E-state index in [1.54, 1.807) is 12.1 Å². The highest BCUT2D eigenvalue weighted by Gasteiger charge is 2.03. The Kier molecular flexibility index (Phi) is 3.43. The Morgan fingerprint density at radius 3 is 2.67 bits per heavy atom. The number of pyridine rings is 1. The fraction of sp³-hybridized carbons (Fsp3) is 0. The Labute approximate surface area is 108 Å². The number of hydrogen-bond donors (Lipinski definition) is 2. The lowest BCUT2D eigenvalue weighted by Crippen LogP contribution is -2.11. The molecule has 3 N–H and O–H groups in total. The van der Waals surface area contributed by atoms with E-state index in [2.05, 4.69) is 10.3 Å². The number of hydrogen-bond acceptors (Lipinski definition) is 3. The maximum Gasteiger partial charge on any atom is 0.250 e. The van der Waals surface area contributed by atoms with Crippen molar-refractivity contribution >= 4 is 29.0 Å². The molecule has 0 saturated heterocycles. The molecule has 1 heterocycles. The Hall–Kier alpha value is -2.14. The number of aromatic nitrogens is 1. The zero-order valence-corrected chi connectivity index (χ0v) is 9.91. The van der Waals surface area contributed by atoms with Crippen molar-refractivity contribution in [1.29, 1.82) is 0 Å². The number of rotatable bonds is 3. The number of primary amides is 1. The first kappa shape index (κ1) is 12.3. The quantitative estimate of drug-likeness (QED) is 0.897. The number of halogens is 2. The lowest BCUT2D eigenvalue weighted by atomic mass is 10.2. The highest BCUT2D eigenvalue weighted by atomic mass is 35.5. The Balaban J connectivity index is 2.18. The molecule has 1 amide bonds. The molecule has 1 aromatic heterocycles. The number of amides is 1. The number of nitrogens with one attached hydrogen (secondary N) is 1. The van der Waals surface area contributed by atoms with E-state index < -0.39 is 11.7 Å². The lowest BCUT2D eigenvalue weighted by Gasteiger charge is -2.06. The summed E-state index contributed by atoms with van der Waals surface area (Å²) in [6, 6.07) is 7.37. The summed E-state index contributed by atoms with van der Waals surface area (Å²) in [5.74, 6) is -0.527. The number of carbonyl (C=O) groups is 1. The van der Waals surface area contributed by atoms with Gasteiger partial charge in [-0.05, 0) is 30.3 Å². The van der Waals surface area contributed by atoms with Gasteiger partial charge in [0.15, 0.2) is 0 Å². The van der Waals surface area contributed by atoms with E-state index in [0.29, 0.717) is 17.1 Å². The van der Waals surface area contributed by atoms with Gasteiger partial charge in [0.1, 0.15) is 11.6 Å². The van der Waals surface area contributed by atoms with Gasteiger partial charge in [0.2, 0.25) is 5.91 Å². The normalized spacial score (nSPS) is 10.1. The monoisotopic (exact) mass is 265 g/mol. The molecule has 18 heavy (non-hydrogen) atoms. The predicted octanol–water partition coefficient (Wildman–Crippen LogP) is 2.72. The van der Waals surface area contributed by atoms with Gasteiger partial charge in [0.05, 0.1) is 10.6 Å². The Morgan fingerprint density at radius 2 is 2.11 bits per heavy atom. The largest absolute Gasteiger partial charge is 0.366 e. The third-order valence-electron chi connectivity index (χ3n) is 2.24. The van der Waals surface area contributed by atoms with E-state index in [1.807, 2.05) is 0 Å². The third kappa shape index (κ3) is 2.75. The molecule has 0 fully saturated rings. The number of benzene rings is 1. The summed E-state index contributed by atoms with van der Waals surface area (Å²) in [6.07, 6.45) is 1.36. The van der Waals surface area contributed by atoms with Gasteiger partial charge in [-0.15, -0.1) is 0 Å². The molecule has 0 aliphatic carbocycles. The van der Waals surface area contributed by atoms with Crippen molar-refractivity contribution in [3.05, 3.63) is 52.9 Å². The van der Waals surface area contributed by atoms with Crippen molar-refractivity contribution in [3.63, 3.8) is 0 Å². The molecular formula is C12H9ClFN3O. The highest BCUT2D eigenvalue weighted by Crippen LogP contribution is 2.21. The lowest BCUT2D eigenvalue weighted by molar-refractivity contribution is 0.1000. The molecule has 2 aromatic rings. The molecular weight excluding hydrogens is 257 g/mol. The molecule has 0 bridgehead atoms. The third-order valence-corrected chi connectivity index (χ3v) is 2.53. The van der Waals surface area contributed by atoms with Crippen LogP contribution in [0.4, 0.5) is 15.9 Å². The SMILES string of the molecule is NC(=O)c1ccc(Nc2ccc(F)c(Cl)c2)nc1. The van der Waals surface area contributed by atoms with Crippen LogP contribution >= 0.6 is 11.6 Å². The van der Waals surface area contributed by atoms with Gasteiger partial charge < -0.3 is 11.1 Å². The van der Waals surface area contributed by atoms with E-state index in [4.69, 9.17) is 17.3 Å². The van der Waals surface area contributed by atoms with Gasteiger partial charge in [0.25, 0.3) is 0 Å². The van der Waals surface area contributed by atoms with Crippen molar-refractivity contribution in [3.8, 4) is 0 Å². The first-order chi connectivity index (χ1) is 8.56. The van der Waals surface area contributed by atoms with Crippen LogP contribution in [0.2, 0.25) is 5.02 Å². The molecule has 0 saturated carbocycles. The van der Waals surface area contributed by atoms with E-state index in [1.165, 1.54) is 24.4 Å². The van der Waals surface area contributed by atoms with Gasteiger partial charge in [-0.3, -0.25) is 4.79 Å². The molecule has 0 aliphatic rings. The summed E-state index contributed by atoms with van der Waals surface area (Å²) in [4.78, 5) is 14.9. The van der Waals surface area contributed by atoms with Crippen LogP contribution in [0.15, 0.2) is 36.5 Å². The summed E-state index contributed by atoms with van der Waals surface area (Å²) in [5, 5.41) is 2.95. The van der Waals surface area contributed by atoms with Gasteiger partial charge in [-0.1, -0.05) is 11.6 Å². The summed E-state index contributed by atoms with van der Waals surface area (Å²) in [5.41, 5.74) is 6.01. The number of carbonyl (C=O) groups excluding carboxylic acids is 1. The van der Waals surface area contributed by atoms with Crippen molar-refractivity contribution in [2.45, 2.75) is 0 Å².